The highest BCUT2D eigenvalue weighted by Crippen LogP contribution is 2.26. The second-order valence-corrected chi connectivity index (χ2v) is 7.30. The molecule has 0 bridgehead atoms. The Kier molecular flexibility index (Phi) is 8.29. The van der Waals surface area contributed by atoms with Crippen molar-refractivity contribution in [3.8, 4) is 0 Å². The number of halogens is 1. The molecule has 1 aromatic carbocycles. The van der Waals surface area contributed by atoms with Gasteiger partial charge >= 0.3 is 0 Å². The van der Waals surface area contributed by atoms with E-state index in [1.54, 1.807) is 11.8 Å². The van der Waals surface area contributed by atoms with E-state index in [4.69, 9.17) is 0 Å². The molecule has 22 heavy (non-hydrogen) atoms. The summed E-state index contributed by atoms with van der Waals surface area (Å²) in [4.78, 5) is 11.9. The predicted octanol–water partition coefficient (Wildman–Crippen LogP) is 3.16. The quantitative estimate of drug-likeness (QED) is 0.834. The van der Waals surface area contributed by atoms with Gasteiger partial charge in [-0.3, -0.25) is 4.79 Å². The van der Waals surface area contributed by atoms with E-state index >= 15 is 0 Å². The molecule has 1 aliphatic heterocycles. The minimum atomic E-state index is 0. The largest absolute Gasteiger partial charge is 0.355 e. The smallest absolute Gasteiger partial charge is 0.230 e. The number of carbonyl (C=O) groups excluding carboxylic acids is 1. The van der Waals surface area contributed by atoms with Gasteiger partial charge in [0.05, 0.1) is 5.75 Å². The highest BCUT2D eigenvalue weighted by atomic mass is 35.5. The lowest BCUT2D eigenvalue weighted by atomic mass is 9.81. The Labute approximate surface area is 144 Å². The van der Waals surface area contributed by atoms with Crippen molar-refractivity contribution in [1.29, 1.82) is 0 Å². The summed E-state index contributed by atoms with van der Waals surface area (Å²) in [5.74, 6) is 1.60. The van der Waals surface area contributed by atoms with Crippen LogP contribution < -0.4 is 10.6 Å². The molecule has 1 aliphatic rings. The number of nitrogens with one attached hydrogen (secondary N) is 2. The number of rotatable bonds is 6. The lowest BCUT2D eigenvalue weighted by Crippen LogP contribution is -2.43. The highest BCUT2D eigenvalue weighted by molar-refractivity contribution is 7.99. The molecule has 2 rings (SSSR count). The van der Waals surface area contributed by atoms with Crippen molar-refractivity contribution in [2.75, 3.05) is 25.4 Å². The lowest BCUT2D eigenvalue weighted by molar-refractivity contribution is -0.119. The molecule has 1 heterocycles. The number of amides is 1. The van der Waals surface area contributed by atoms with Crippen LogP contribution in [-0.4, -0.2) is 31.3 Å². The molecule has 0 aliphatic carbocycles. The summed E-state index contributed by atoms with van der Waals surface area (Å²) in [6.07, 6.45) is 2.29. The number of thioether (sulfide) groups is 1. The van der Waals surface area contributed by atoms with Crippen molar-refractivity contribution in [2.24, 2.45) is 5.41 Å². The monoisotopic (exact) mass is 342 g/mol. The third-order valence-corrected chi connectivity index (χ3v) is 5.11. The standard InChI is InChI=1S/C17H26N2OS.ClH/c1-14-4-3-5-15(10-14)11-21-12-16(20)19-13-17(2)6-8-18-9-7-17;/h3-5,10,18H,6-9,11-13H2,1-2H3,(H,19,20);1H. The summed E-state index contributed by atoms with van der Waals surface area (Å²) in [5.41, 5.74) is 2.83. The number of aryl methyl sites for hydroxylation is 1. The molecular formula is C17H27ClN2OS. The molecule has 0 spiro atoms. The van der Waals surface area contributed by atoms with Gasteiger partial charge in [0.1, 0.15) is 0 Å². The average molecular weight is 343 g/mol. The Morgan fingerprint density at radius 3 is 2.77 bits per heavy atom. The van der Waals surface area contributed by atoms with Gasteiger partial charge in [0.15, 0.2) is 0 Å². The van der Waals surface area contributed by atoms with Gasteiger partial charge < -0.3 is 10.6 Å². The van der Waals surface area contributed by atoms with Gasteiger partial charge in [-0.15, -0.1) is 24.2 Å². The molecule has 0 radical (unpaired) electrons. The molecule has 1 aromatic rings. The minimum absolute atomic E-state index is 0. The predicted molar refractivity (Wildman–Crippen MR) is 97.8 cm³/mol. The van der Waals surface area contributed by atoms with Crippen LogP contribution >= 0.6 is 24.2 Å². The van der Waals surface area contributed by atoms with Gasteiger partial charge in [-0.2, -0.15) is 0 Å². The maximum absolute atomic E-state index is 11.9. The zero-order valence-electron chi connectivity index (χ0n) is 13.5. The fourth-order valence-corrected chi connectivity index (χ4v) is 3.44. The molecule has 0 atom stereocenters. The van der Waals surface area contributed by atoms with Crippen LogP contribution in [0.25, 0.3) is 0 Å². The molecule has 2 N–H and O–H groups in total. The molecule has 5 heteroatoms. The van der Waals surface area contributed by atoms with E-state index in [0.29, 0.717) is 5.75 Å². The Bertz CT molecular complexity index is 475. The summed E-state index contributed by atoms with van der Waals surface area (Å²) in [5, 5.41) is 6.47. The number of hydrogen-bond acceptors (Lipinski definition) is 3. The number of hydrogen-bond donors (Lipinski definition) is 2. The molecule has 1 fully saturated rings. The SMILES string of the molecule is Cc1cccc(CSCC(=O)NCC2(C)CCNCC2)c1.Cl. The molecule has 1 saturated heterocycles. The zero-order chi connectivity index (χ0) is 15.1. The Morgan fingerprint density at radius 1 is 1.36 bits per heavy atom. The molecule has 0 saturated carbocycles. The van der Waals surface area contributed by atoms with E-state index < -0.39 is 0 Å². The van der Waals surface area contributed by atoms with Gasteiger partial charge in [-0.1, -0.05) is 36.8 Å². The van der Waals surface area contributed by atoms with Crippen molar-refractivity contribution in [3.63, 3.8) is 0 Å². The maximum Gasteiger partial charge on any atom is 0.230 e. The van der Waals surface area contributed by atoms with Gasteiger partial charge in [-0.05, 0) is 43.8 Å². The summed E-state index contributed by atoms with van der Waals surface area (Å²) in [7, 11) is 0. The van der Waals surface area contributed by atoms with Crippen molar-refractivity contribution in [3.05, 3.63) is 35.4 Å². The molecule has 0 unspecified atom stereocenters. The van der Waals surface area contributed by atoms with Gasteiger partial charge in [-0.25, -0.2) is 0 Å². The molecule has 3 nitrogen and oxygen atoms in total. The zero-order valence-corrected chi connectivity index (χ0v) is 15.1. The summed E-state index contributed by atoms with van der Waals surface area (Å²) < 4.78 is 0. The van der Waals surface area contributed by atoms with E-state index in [-0.39, 0.29) is 23.7 Å². The number of benzene rings is 1. The molecular weight excluding hydrogens is 316 g/mol. The summed E-state index contributed by atoms with van der Waals surface area (Å²) in [6.45, 7) is 7.30. The van der Waals surface area contributed by atoms with Crippen molar-refractivity contribution >= 4 is 30.1 Å². The van der Waals surface area contributed by atoms with Gasteiger partial charge in [0.2, 0.25) is 5.91 Å². The molecule has 0 aromatic heterocycles. The maximum atomic E-state index is 11.9. The number of piperidine rings is 1. The van der Waals surface area contributed by atoms with Crippen molar-refractivity contribution in [1.82, 2.24) is 10.6 Å². The second kappa shape index (κ2) is 9.43. The lowest BCUT2D eigenvalue weighted by Gasteiger charge is -2.34. The average Bonchev–Trinajstić information content (AvgIpc) is 2.46. The molecule has 124 valence electrons. The normalized spacial score (nSPS) is 16.6. The van der Waals surface area contributed by atoms with E-state index in [1.165, 1.54) is 11.1 Å². The third kappa shape index (κ3) is 6.59. The van der Waals surface area contributed by atoms with Crippen LogP contribution in [0.3, 0.4) is 0 Å². The second-order valence-electron chi connectivity index (χ2n) is 6.32. The van der Waals surface area contributed by atoms with E-state index in [0.717, 1.165) is 38.2 Å². The van der Waals surface area contributed by atoms with Gasteiger partial charge in [0, 0.05) is 12.3 Å². The fraction of sp³-hybridized carbons (Fsp3) is 0.588. The Morgan fingerprint density at radius 2 is 2.09 bits per heavy atom. The Hall–Kier alpha value is -0.710. The van der Waals surface area contributed by atoms with E-state index in [9.17, 15) is 4.79 Å². The van der Waals surface area contributed by atoms with Crippen LogP contribution in [0.15, 0.2) is 24.3 Å². The first-order valence-electron chi connectivity index (χ1n) is 7.68. The van der Waals surface area contributed by atoms with Crippen LogP contribution in [0.2, 0.25) is 0 Å². The summed E-state index contributed by atoms with van der Waals surface area (Å²) >= 11 is 1.68. The van der Waals surface area contributed by atoms with Crippen LogP contribution in [0.5, 0.6) is 0 Å². The van der Waals surface area contributed by atoms with Gasteiger partial charge in [0.25, 0.3) is 0 Å². The Balaban J connectivity index is 0.00000242. The third-order valence-electron chi connectivity index (χ3n) is 4.11. The fourth-order valence-electron chi connectivity index (χ4n) is 2.63. The first kappa shape index (κ1) is 19.3. The minimum Gasteiger partial charge on any atom is -0.355 e. The molecule has 1 amide bonds. The van der Waals surface area contributed by atoms with E-state index in [1.807, 2.05) is 0 Å². The van der Waals surface area contributed by atoms with Crippen LogP contribution in [0.4, 0.5) is 0 Å². The number of carbonyl (C=O) groups is 1. The first-order valence-corrected chi connectivity index (χ1v) is 8.84. The first-order chi connectivity index (χ1) is 10.1. The van der Waals surface area contributed by atoms with Crippen molar-refractivity contribution < 1.29 is 4.79 Å². The van der Waals surface area contributed by atoms with Crippen LogP contribution in [0.1, 0.15) is 30.9 Å². The summed E-state index contributed by atoms with van der Waals surface area (Å²) in [6, 6.07) is 8.47. The van der Waals surface area contributed by atoms with Crippen LogP contribution in [0, 0.1) is 12.3 Å². The van der Waals surface area contributed by atoms with E-state index in [2.05, 4.69) is 48.7 Å². The highest BCUT2D eigenvalue weighted by Gasteiger charge is 2.26. The van der Waals surface area contributed by atoms with Crippen LogP contribution in [-0.2, 0) is 10.5 Å². The topological polar surface area (TPSA) is 41.1 Å². The van der Waals surface area contributed by atoms with Crippen molar-refractivity contribution in [2.45, 2.75) is 32.4 Å².